The van der Waals surface area contributed by atoms with Crippen molar-refractivity contribution in [3.8, 4) is 0 Å². The van der Waals surface area contributed by atoms with Gasteiger partial charge in [0.2, 0.25) is 5.91 Å². The molecule has 0 aromatic heterocycles. The van der Waals surface area contributed by atoms with E-state index in [-0.39, 0.29) is 12.5 Å². The van der Waals surface area contributed by atoms with E-state index in [1.807, 2.05) is 30.3 Å². The van der Waals surface area contributed by atoms with E-state index >= 15 is 0 Å². The van der Waals surface area contributed by atoms with Crippen LogP contribution < -0.4 is 5.32 Å². The molecule has 0 aliphatic heterocycles. The average molecular weight is 329 g/mol. The maximum atomic E-state index is 11.9. The van der Waals surface area contributed by atoms with Crippen molar-refractivity contribution in [2.75, 3.05) is 6.54 Å². The summed E-state index contributed by atoms with van der Waals surface area (Å²) >= 11 is 0. The molecule has 0 heterocycles. The van der Waals surface area contributed by atoms with Crippen molar-refractivity contribution in [2.45, 2.75) is 63.9 Å². The highest BCUT2D eigenvalue weighted by molar-refractivity contribution is 5.76. The average Bonchev–Trinajstić information content (AvgIpc) is 2.58. The number of aliphatic hydroxyl groups is 1. The van der Waals surface area contributed by atoms with Gasteiger partial charge in [0.15, 0.2) is 0 Å². The summed E-state index contributed by atoms with van der Waals surface area (Å²) in [5.41, 5.74) is 0.154. The van der Waals surface area contributed by atoms with Gasteiger partial charge in [-0.2, -0.15) is 0 Å². The van der Waals surface area contributed by atoms with Crippen molar-refractivity contribution < 1.29 is 9.90 Å². The molecule has 0 unspecified atom stereocenters. The molecule has 1 fully saturated rings. The van der Waals surface area contributed by atoms with Gasteiger partial charge < -0.3 is 10.4 Å². The second-order valence-corrected chi connectivity index (χ2v) is 7.30. The predicted octanol–water partition coefficient (Wildman–Crippen LogP) is 4.01. The van der Waals surface area contributed by atoms with Gasteiger partial charge in [0.25, 0.3) is 0 Å². The number of carbonyl (C=O) groups excluding carboxylic acids is 1. The molecule has 3 heteroatoms. The standard InChI is InChI=1S/C21H31NO2/c1-21(24,16-19-13-6-3-7-14-19)17-22-20(23)15-9-8-12-18-10-4-2-5-11-18/h3,6-8,12-14,18,24H,2,4-5,9-11,15-17H2,1H3,(H,22,23)/t21-/m1/s1. The van der Waals surface area contributed by atoms with E-state index in [0.717, 1.165) is 12.0 Å². The van der Waals surface area contributed by atoms with Crippen LogP contribution in [0.25, 0.3) is 0 Å². The minimum atomic E-state index is -0.922. The van der Waals surface area contributed by atoms with Gasteiger partial charge in [-0.15, -0.1) is 0 Å². The summed E-state index contributed by atoms with van der Waals surface area (Å²) in [5.74, 6) is 0.727. The lowest BCUT2D eigenvalue weighted by Gasteiger charge is -2.23. The van der Waals surface area contributed by atoms with Crippen LogP contribution in [0.5, 0.6) is 0 Å². The molecule has 3 nitrogen and oxygen atoms in total. The van der Waals surface area contributed by atoms with Crippen molar-refractivity contribution in [3.05, 3.63) is 48.0 Å². The summed E-state index contributed by atoms with van der Waals surface area (Å²) in [6.45, 7) is 2.05. The van der Waals surface area contributed by atoms with Gasteiger partial charge in [-0.1, -0.05) is 61.7 Å². The highest BCUT2D eigenvalue weighted by atomic mass is 16.3. The van der Waals surface area contributed by atoms with Crippen molar-refractivity contribution in [1.82, 2.24) is 5.32 Å². The summed E-state index contributed by atoms with van der Waals surface area (Å²) in [4.78, 5) is 11.9. The number of benzene rings is 1. The van der Waals surface area contributed by atoms with Gasteiger partial charge in [-0.3, -0.25) is 4.79 Å². The van der Waals surface area contributed by atoms with Crippen molar-refractivity contribution in [2.24, 2.45) is 5.92 Å². The summed E-state index contributed by atoms with van der Waals surface area (Å²) in [6, 6.07) is 9.87. The summed E-state index contributed by atoms with van der Waals surface area (Å²) in [6.07, 6.45) is 12.9. The zero-order valence-electron chi connectivity index (χ0n) is 14.8. The molecule has 1 amide bonds. The van der Waals surface area contributed by atoms with Crippen LogP contribution in [0.2, 0.25) is 0 Å². The lowest BCUT2D eigenvalue weighted by Crippen LogP contribution is -2.42. The molecule has 0 spiro atoms. The highest BCUT2D eigenvalue weighted by Crippen LogP contribution is 2.24. The Balaban J connectivity index is 1.63. The molecule has 1 atom stereocenters. The zero-order chi connectivity index (χ0) is 17.3. The number of allylic oxidation sites excluding steroid dienone is 2. The Hall–Kier alpha value is -1.61. The third-order valence-corrected chi connectivity index (χ3v) is 4.69. The summed E-state index contributed by atoms with van der Waals surface area (Å²) in [7, 11) is 0. The number of nitrogens with one attached hydrogen (secondary N) is 1. The van der Waals surface area contributed by atoms with Gasteiger partial charge in [0, 0.05) is 19.4 Å². The molecule has 1 aliphatic rings. The number of hydrogen-bond acceptors (Lipinski definition) is 2. The monoisotopic (exact) mass is 329 g/mol. The molecular formula is C21H31NO2. The minimum absolute atomic E-state index is 0.0108. The first kappa shape index (κ1) is 18.7. The number of rotatable bonds is 8. The lowest BCUT2D eigenvalue weighted by atomic mass is 9.89. The molecule has 0 radical (unpaired) electrons. The Kier molecular flexibility index (Phi) is 7.51. The van der Waals surface area contributed by atoms with E-state index in [2.05, 4.69) is 17.5 Å². The van der Waals surface area contributed by atoms with Crippen molar-refractivity contribution >= 4 is 5.91 Å². The number of amides is 1. The van der Waals surface area contributed by atoms with Gasteiger partial charge >= 0.3 is 0 Å². The van der Waals surface area contributed by atoms with Gasteiger partial charge in [0.1, 0.15) is 0 Å². The van der Waals surface area contributed by atoms with Gasteiger partial charge in [-0.25, -0.2) is 0 Å². The molecule has 0 saturated heterocycles. The Bertz CT molecular complexity index is 516. The highest BCUT2D eigenvalue weighted by Gasteiger charge is 2.21. The first-order valence-electron chi connectivity index (χ1n) is 9.25. The van der Waals surface area contributed by atoms with Crippen LogP contribution in [0.4, 0.5) is 0 Å². The molecule has 2 rings (SSSR count). The SMILES string of the molecule is C[C@](O)(CNC(=O)CCC=CC1CCCCC1)Cc1ccccc1. The van der Waals surface area contributed by atoms with Crippen molar-refractivity contribution in [1.29, 1.82) is 0 Å². The quantitative estimate of drug-likeness (QED) is 0.708. The van der Waals surface area contributed by atoms with E-state index < -0.39 is 5.60 Å². The summed E-state index contributed by atoms with van der Waals surface area (Å²) in [5, 5.41) is 13.3. The van der Waals surface area contributed by atoms with Crippen LogP contribution in [0.15, 0.2) is 42.5 Å². The Morgan fingerprint density at radius 2 is 1.96 bits per heavy atom. The fourth-order valence-corrected chi connectivity index (χ4v) is 3.31. The molecule has 0 bridgehead atoms. The Morgan fingerprint density at radius 1 is 1.25 bits per heavy atom. The number of hydrogen-bond donors (Lipinski definition) is 2. The molecular weight excluding hydrogens is 298 g/mol. The van der Waals surface area contributed by atoms with Crippen LogP contribution in [0.1, 0.15) is 57.4 Å². The van der Waals surface area contributed by atoms with Crippen LogP contribution in [-0.2, 0) is 11.2 Å². The second kappa shape index (κ2) is 9.63. The number of carbonyl (C=O) groups is 1. The van der Waals surface area contributed by atoms with Crippen LogP contribution >= 0.6 is 0 Å². The molecule has 2 N–H and O–H groups in total. The second-order valence-electron chi connectivity index (χ2n) is 7.30. The smallest absolute Gasteiger partial charge is 0.220 e. The molecule has 1 aromatic carbocycles. The maximum absolute atomic E-state index is 11.9. The van der Waals surface area contributed by atoms with E-state index in [1.54, 1.807) is 6.92 Å². The largest absolute Gasteiger partial charge is 0.388 e. The minimum Gasteiger partial charge on any atom is -0.388 e. The fourth-order valence-electron chi connectivity index (χ4n) is 3.31. The maximum Gasteiger partial charge on any atom is 0.220 e. The van der Waals surface area contributed by atoms with Gasteiger partial charge in [0.05, 0.1) is 5.60 Å². The van der Waals surface area contributed by atoms with Crippen LogP contribution in [0, 0.1) is 5.92 Å². The summed E-state index contributed by atoms with van der Waals surface area (Å²) < 4.78 is 0. The van der Waals surface area contributed by atoms with Gasteiger partial charge in [-0.05, 0) is 37.7 Å². The topological polar surface area (TPSA) is 49.3 Å². The Morgan fingerprint density at radius 3 is 2.67 bits per heavy atom. The van der Waals surface area contributed by atoms with E-state index in [9.17, 15) is 9.90 Å². The van der Waals surface area contributed by atoms with E-state index in [1.165, 1.54) is 32.1 Å². The molecule has 1 aliphatic carbocycles. The third-order valence-electron chi connectivity index (χ3n) is 4.69. The first-order chi connectivity index (χ1) is 11.6. The fraction of sp³-hybridized carbons (Fsp3) is 0.571. The van der Waals surface area contributed by atoms with E-state index in [0.29, 0.717) is 18.8 Å². The Labute approximate surface area is 146 Å². The third kappa shape index (κ3) is 7.31. The first-order valence-corrected chi connectivity index (χ1v) is 9.25. The molecule has 24 heavy (non-hydrogen) atoms. The molecule has 1 saturated carbocycles. The molecule has 1 aromatic rings. The van der Waals surface area contributed by atoms with Crippen LogP contribution in [0.3, 0.4) is 0 Å². The normalized spacial score (nSPS) is 18.4. The lowest BCUT2D eigenvalue weighted by molar-refractivity contribution is -0.122. The van der Waals surface area contributed by atoms with Crippen molar-refractivity contribution in [3.63, 3.8) is 0 Å². The zero-order valence-corrected chi connectivity index (χ0v) is 14.8. The van der Waals surface area contributed by atoms with Crippen LogP contribution in [-0.4, -0.2) is 23.2 Å². The predicted molar refractivity (Wildman–Crippen MR) is 98.7 cm³/mol. The molecule has 132 valence electrons. The van der Waals surface area contributed by atoms with E-state index in [4.69, 9.17) is 0 Å².